The second-order valence-corrected chi connectivity index (χ2v) is 20.7. The molecule has 4 aromatic rings. The number of hydrogen-bond donors (Lipinski definition) is 2. The molecule has 11 nitrogen and oxygen atoms in total. The van der Waals surface area contributed by atoms with E-state index in [0.717, 1.165) is 21.4 Å². The maximum atomic E-state index is 16.3. The van der Waals surface area contributed by atoms with Crippen molar-refractivity contribution in [3.05, 3.63) is 53.1 Å². The molecule has 0 amide bonds. The summed E-state index contributed by atoms with van der Waals surface area (Å²) in [6, 6.07) is 6.53. The molecule has 0 aliphatic carbocycles. The van der Waals surface area contributed by atoms with Crippen molar-refractivity contribution in [2.75, 3.05) is 13.7 Å². The quantitative estimate of drug-likeness (QED) is 0.112. The van der Waals surface area contributed by atoms with Gasteiger partial charge in [0.1, 0.15) is 28.8 Å². The van der Waals surface area contributed by atoms with Crippen LogP contribution < -0.4 is 9.46 Å². The van der Waals surface area contributed by atoms with Gasteiger partial charge in [0.25, 0.3) is 0 Å². The van der Waals surface area contributed by atoms with Crippen molar-refractivity contribution in [3.8, 4) is 11.8 Å². The number of hydrogen-bond acceptors (Lipinski definition) is 8. The molecule has 3 aromatic heterocycles. The fourth-order valence-corrected chi connectivity index (χ4v) is 6.71. The predicted octanol–water partition coefficient (Wildman–Crippen LogP) is 6.27. The van der Waals surface area contributed by atoms with E-state index >= 15 is 13.2 Å². The Morgan fingerprint density at radius 3 is 2.46 bits per heavy atom. The monoisotopic (exact) mass is 678 g/mol. The van der Waals surface area contributed by atoms with Gasteiger partial charge in [0, 0.05) is 49.4 Å². The summed E-state index contributed by atoms with van der Waals surface area (Å²) in [4.78, 5) is 20.9. The Kier molecular flexibility index (Phi) is 9.60. The lowest BCUT2D eigenvalue weighted by Crippen LogP contribution is -2.61. The van der Waals surface area contributed by atoms with Gasteiger partial charge in [-0.3, -0.25) is 9.13 Å². The van der Waals surface area contributed by atoms with Crippen LogP contribution >= 0.6 is 0 Å². The van der Waals surface area contributed by atoms with Crippen LogP contribution in [0.2, 0.25) is 25.7 Å². The Labute approximate surface area is 268 Å². The van der Waals surface area contributed by atoms with Crippen LogP contribution in [0.1, 0.15) is 43.3 Å². The van der Waals surface area contributed by atoms with Crippen LogP contribution in [0.15, 0.2) is 30.6 Å². The number of methoxy groups -OCH3 is 1. The number of aromatic nitrogens is 4. The third-order valence-corrected chi connectivity index (χ3v) is 10.7. The van der Waals surface area contributed by atoms with Crippen LogP contribution in [0.3, 0.4) is 0 Å². The molecule has 248 valence electrons. The number of carbonyl (C=O) groups is 1. The van der Waals surface area contributed by atoms with E-state index in [0.29, 0.717) is 5.56 Å². The summed E-state index contributed by atoms with van der Waals surface area (Å²) < 4.78 is 77.3. The van der Waals surface area contributed by atoms with Gasteiger partial charge in [-0.25, -0.2) is 14.8 Å². The van der Waals surface area contributed by atoms with Gasteiger partial charge in [0.15, 0.2) is 11.5 Å². The van der Waals surface area contributed by atoms with E-state index < -0.39 is 60.1 Å². The number of nitriles is 1. The highest BCUT2D eigenvalue weighted by atomic mass is 32.2. The minimum atomic E-state index is -5.27. The van der Waals surface area contributed by atoms with Gasteiger partial charge in [-0.2, -0.15) is 18.4 Å². The molecule has 0 saturated carbocycles. The average molecular weight is 679 g/mol. The number of pyridine rings is 1. The number of nitrogens with zero attached hydrogens (tertiary/aromatic N) is 5. The third kappa shape index (κ3) is 6.47. The van der Waals surface area contributed by atoms with Crippen molar-refractivity contribution in [1.29, 1.82) is 5.26 Å². The van der Waals surface area contributed by atoms with E-state index in [9.17, 15) is 19.7 Å². The molecule has 0 saturated heterocycles. The van der Waals surface area contributed by atoms with Gasteiger partial charge in [0.05, 0.1) is 18.2 Å². The van der Waals surface area contributed by atoms with E-state index in [2.05, 4.69) is 34.3 Å². The summed E-state index contributed by atoms with van der Waals surface area (Å²) >= 11 is -2.38. The molecule has 2 unspecified atom stereocenters. The highest BCUT2D eigenvalue weighted by molar-refractivity contribution is 7.90. The number of nitrogens with one attached hydrogen (secondary N) is 1. The Balaban J connectivity index is 2.20. The van der Waals surface area contributed by atoms with Gasteiger partial charge in [0.2, 0.25) is 5.54 Å². The van der Waals surface area contributed by atoms with Crippen LogP contribution in [-0.4, -0.2) is 67.6 Å². The van der Waals surface area contributed by atoms with Gasteiger partial charge in [-0.05, 0) is 57.5 Å². The van der Waals surface area contributed by atoms with E-state index in [-0.39, 0.29) is 40.0 Å². The van der Waals surface area contributed by atoms with E-state index in [1.54, 1.807) is 6.92 Å². The first-order valence-corrected chi connectivity index (χ1v) is 19.2. The van der Waals surface area contributed by atoms with Gasteiger partial charge < -0.3 is 19.1 Å². The van der Waals surface area contributed by atoms with Gasteiger partial charge in [-0.1, -0.05) is 19.6 Å². The molecule has 4 rings (SSSR count). The van der Waals surface area contributed by atoms with Crippen LogP contribution in [0.4, 0.5) is 18.0 Å². The molecule has 0 fully saturated rings. The molecule has 2 atom stereocenters. The van der Waals surface area contributed by atoms with Crippen LogP contribution in [0.5, 0.6) is 5.75 Å². The predicted molar refractivity (Wildman–Crippen MR) is 171 cm³/mol. The number of benzene rings is 1. The van der Waals surface area contributed by atoms with Crippen LogP contribution in [-0.2, 0) is 28.4 Å². The highest BCUT2D eigenvalue weighted by Gasteiger charge is 2.66. The Hall–Kier alpha value is -3.62. The zero-order valence-electron chi connectivity index (χ0n) is 26.9. The zero-order valence-corrected chi connectivity index (χ0v) is 28.7. The SMILES string of the molecule is COc1cc(C)c2c(ccn2C(=O)O)c1C(N[S+]([O-])C(C)(C)C)(c1nc2cc(C#N)cnc2n1COCC[Si](C)(C)C)C(F)(F)F. The number of ether oxygens (including phenoxy) is 2. The average Bonchev–Trinajstić information content (AvgIpc) is 3.54. The molecular formula is C30H37F3N6O5SSi. The summed E-state index contributed by atoms with van der Waals surface area (Å²) in [6.45, 7) is 12.4. The van der Waals surface area contributed by atoms with Crippen LogP contribution in [0, 0.1) is 18.3 Å². The lowest BCUT2D eigenvalue weighted by Gasteiger charge is -2.39. The second kappa shape index (κ2) is 12.5. The number of fused-ring (bicyclic) bond motifs is 2. The Morgan fingerprint density at radius 2 is 1.91 bits per heavy atom. The summed E-state index contributed by atoms with van der Waals surface area (Å²) in [6.07, 6.45) is -4.31. The Morgan fingerprint density at radius 1 is 1.24 bits per heavy atom. The van der Waals surface area contributed by atoms with E-state index in [1.807, 2.05) is 6.07 Å². The molecule has 0 radical (unpaired) electrons. The lowest BCUT2D eigenvalue weighted by molar-refractivity contribution is -0.185. The molecular weight excluding hydrogens is 642 g/mol. The van der Waals surface area contributed by atoms with Gasteiger partial charge >= 0.3 is 12.3 Å². The summed E-state index contributed by atoms with van der Waals surface area (Å²) in [5, 5.41) is 19.3. The number of imidazole rings is 1. The summed E-state index contributed by atoms with van der Waals surface area (Å²) in [7, 11) is -0.379. The minimum Gasteiger partial charge on any atom is -0.598 e. The molecule has 0 aliphatic rings. The molecule has 2 N–H and O–H groups in total. The normalized spacial score (nSPS) is 14.8. The molecule has 46 heavy (non-hydrogen) atoms. The smallest absolute Gasteiger partial charge is 0.422 e. The molecule has 16 heteroatoms. The highest BCUT2D eigenvalue weighted by Crippen LogP contribution is 2.52. The maximum absolute atomic E-state index is 16.3. The first kappa shape index (κ1) is 35.2. The van der Waals surface area contributed by atoms with Gasteiger partial charge in [-0.15, -0.1) is 4.72 Å². The van der Waals surface area contributed by atoms with Crippen molar-refractivity contribution < 1.29 is 37.1 Å². The number of carboxylic acid groups (broad SMARTS) is 1. The standard InChI is InChI=1S/C30H37F3N6O5SSi/c1-18-13-22(43-5)23(20-9-10-38(24(18)20)27(40)41)29(30(31,32)33,37-45(42)28(2,3)4)26-36-21-14-19(15-34)16-35-25(21)39(26)17-44-11-12-46(6,7)8/h9-10,13-14,16,37H,11-12,17H2,1-8H3,(H,40,41). The maximum Gasteiger partial charge on any atom is 0.422 e. The summed E-state index contributed by atoms with van der Waals surface area (Å²) in [5.41, 5.74) is -3.54. The second-order valence-electron chi connectivity index (χ2n) is 13.1. The minimum absolute atomic E-state index is 0.00407. The first-order chi connectivity index (χ1) is 21.3. The number of aryl methyl sites for hydroxylation is 1. The number of rotatable bonds is 10. The fraction of sp³-hybridized carbons (Fsp3) is 0.467. The van der Waals surface area contributed by atoms with E-state index in [4.69, 9.17) is 9.47 Å². The fourth-order valence-electron chi connectivity index (χ4n) is 5.06. The molecule has 0 spiro atoms. The first-order valence-electron chi connectivity index (χ1n) is 14.3. The number of alkyl halides is 3. The topological polar surface area (TPSA) is 150 Å². The van der Waals surface area contributed by atoms with Crippen molar-refractivity contribution >= 4 is 47.6 Å². The molecule has 3 heterocycles. The Bertz CT molecular complexity index is 1820. The van der Waals surface area contributed by atoms with Crippen molar-refractivity contribution in [2.45, 2.75) is 76.6 Å². The van der Waals surface area contributed by atoms with Crippen molar-refractivity contribution in [2.24, 2.45) is 0 Å². The van der Waals surface area contributed by atoms with Crippen molar-refractivity contribution in [3.63, 3.8) is 0 Å². The summed E-state index contributed by atoms with van der Waals surface area (Å²) in [5.74, 6) is -0.914. The molecule has 0 bridgehead atoms. The van der Waals surface area contributed by atoms with Crippen LogP contribution in [0.25, 0.3) is 22.1 Å². The van der Waals surface area contributed by atoms with E-state index in [1.165, 1.54) is 52.3 Å². The van der Waals surface area contributed by atoms with Crippen molar-refractivity contribution in [1.82, 2.24) is 23.8 Å². The molecule has 1 aromatic carbocycles. The lowest BCUT2D eigenvalue weighted by atomic mass is 9.84. The third-order valence-electron chi connectivity index (χ3n) is 7.42. The molecule has 0 aliphatic heterocycles. The largest absolute Gasteiger partial charge is 0.598 e. The number of halogens is 3. The zero-order chi connectivity index (χ0) is 34.4.